The summed E-state index contributed by atoms with van der Waals surface area (Å²) in [5, 5.41) is 6.89. The zero-order chi connectivity index (χ0) is 16.1. The standard InChI is InChI=1S/C17H25ClN4O.ClH/c18-15-1-2-16(20-11-15)21-17(23)14-5-9-22(10-6-14)12-13-3-7-19-8-4-13;/h1-2,11,13-14,19H,3-10,12H2,(H,20,21,23);1H. The van der Waals surface area contributed by atoms with Crippen molar-refractivity contribution < 1.29 is 4.79 Å². The van der Waals surface area contributed by atoms with Crippen LogP contribution in [0.25, 0.3) is 0 Å². The van der Waals surface area contributed by atoms with Crippen LogP contribution in [0, 0.1) is 11.8 Å². The summed E-state index contributed by atoms with van der Waals surface area (Å²) in [7, 11) is 0. The Kier molecular flexibility index (Phi) is 7.75. The number of carbonyl (C=O) groups is 1. The van der Waals surface area contributed by atoms with Crippen molar-refractivity contribution in [1.82, 2.24) is 15.2 Å². The lowest BCUT2D eigenvalue weighted by atomic mass is 9.93. The summed E-state index contributed by atoms with van der Waals surface area (Å²) in [5.74, 6) is 1.58. The first-order chi connectivity index (χ1) is 11.2. The van der Waals surface area contributed by atoms with E-state index in [0.717, 1.165) is 44.9 Å². The van der Waals surface area contributed by atoms with E-state index in [1.54, 1.807) is 18.3 Å². The first-order valence-electron chi connectivity index (χ1n) is 8.56. The van der Waals surface area contributed by atoms with Crippen LogP contribution in [-0.2, 0) is 4.79 Å². The molecule has 2 aliphatic rings. The van der Waals surface area contributed by atoms with Crippen molar-refractivity contribution in [3.63, 3.8) is 0 Å². The van der Waals surface area contributed by atoms with Gasteiger partial charge in [0.05, 0.1) is 5.02 Å². The number of halogens is 2. The summed E-state index contributed by atoms with van der Waals surface area (Å²) in [6.45, 7) is 5.54. The highest BCUT2D eigenvalue weighted by molar-refractivity contribution is 6.30. The van der Waals surface area contributed by atoms with Crippen molar-refractivity contribution in [2.75, 3.05) is 38.0 Å². The number of carbonyl (C=O) groups excluding carboxylic acids is 1. The van der Waals surface area contributed by atoms with Crippen LogP contribution in [-0.4, -0.2) is 48.5 Å². The number of hydrogen-bond donors (Lipinski definition) is 2. The van der Waals surface area contributed by atoms with Crippen LogP contribution in [0.1, 0.15) is 25.7 Å². The van der Waals surface area contributed by atoms with Crippen LogP contribution in [0.2, 0.25) is 5.02 Å². The molecule has 2 fully saturated rings. The van der Waals surface area contributed by atoms with E-state index in [4.69, 9.17) is 11.6 Å². The molecule has 134 valence electrons. The number of nitrogens with zero attached hydrogens (tertiary/aromatic N) is 2. The molecular formula is C17H26Cl2N4O. The molecule has 7 heteroatoms. The molecule has 1 aromatic heterocycles. The van der Waals surface area contributed by atoms with E-state index >= 15 is 0 Å². The summed E-state index contributed by atoms with van der Waals surface area (Å²) in [5.41, 5.74) is 0. The Hall–Kier alpha value is -0.880. The molecule has 0 radical (unpaired) electrons. The molecule has 0 spiro atoms. The van der Waals surface area contributed by atoms with Crippen molar-refractivity contribution in [2.45, 2.75) is 25.7 Å². The maximum Gasteiger partial charge on any atom is 0.228 e. The number of hydrogen-bond acceptors (Lipinski definition) is 4. The van der Waals surface area contributed by atoms with Gasteiger partial charge in [-0.25, -0.2) is 4.98 Å². The van der Waals surface area contributed by atoms with Gasteiger partial charge in [0.15, 0.2) is 0 Å². The molecule has 0 atom stereocenters. The third-order valence-electron chi connectivity index (χ3n) is 4.91. The molecule has 2 saturated heterocycles. The highest BCUT2D eigenvalue weighted by Crippen LogP contribution is 2.22. The number of rotatable bonds is 4. The first-order valence-corrected chi connectivity index (χ1v) is 8.94. The molecule has 1 aromatic rings. The van der Waals surface area contributed by atoms with Gasteiger partial charge in [-0.15, -0.1) is 12.4 Å². The topological polar surface area (TPSA) is 57.3 Å². The number of piperidine rings is 2. The van der Waals surface area contributed by atoms with E-state index in [1.807, 2.05) is 0 Å². The van der Waals surface area contributed by atoms with Crippen LogP contribution >= 0.6 is 24.0 Å². The normalized spacial score (nSPS) is 20.4. The van der Waals surface area contributed by atoms with Gasteiger partial charge in [0.1, 0.15) is 5.82 Å². The molecule has 5 nitrogen and oxygen atoms in total. The van der Waals surface area contributed by atoms with Gasteiger partial charge in [0.2, 0.25) is 5.91 Å². The summed E-state index contributed by atoms with van der Waals surface area (Å²) in [6.07, 6.45) is 5.99. The van der Waals surface area contributed by atoms with E-state index < -0.39 is 0 Å². The third-order valence-corrected chi connectivity index (χ3v) is 5.14. The van der Waals surface area contributed by atoms with Gasteiger partial charge in [-0.2, -0.15) is 0 Å². The van der Waals surface area contributed by atoms with Gasteiger partial charge in [-0.3, -0.25) is 4.79 Å². The lowest BCUT2D eigenvalue weighted by Gasteiger charge is -2.35. The largest absolute Gasteiger partial charge is 0.317 e. The predicted octanol–water partition coefficient (Wildman–Crippen LogP) is 2.81. The quantitative estimate of drug-likeness (QED) is 0.852. The van der Waals surface area contributed by atoms with Crippen LogP contribution < -0.4 is 10.6 Å². The van der Waals surface area contributed by atoms with E-state index in [1.165, 1.54) is 19.4 Å². The highest BCUT2D eigenvalue weighted by atomic mass is 35.5. The number of aromatic nitrogens is 1. The van der Waals surface area contributed by atoms with Gasteiger partial charge in [0.25, 0.3) is 0 Å². The lowest BCUT2D eigenvalue weighted by Crippen LogP contribution is -2.42. The van der Waals surface area contributed by atoms with E-state index in [-0.39, 0.29) is 24.2 Å². The van der Waals surface area contributed by atoms with E-state index in [9.17, 15) is 4.79 Å². The number of nitrogens with one attached hydrogen (secondary N) is 2. The molecule has 3 rings (SSSR count). The third kappa shape index (κ3) is 5.59. The average Bonchev–Trinajstić information content (AvgIpc) is 2.58. The van der Waals surface area contributed by atoms with Crippen LogP contribution in [0.15, 0.2) is 18.3 Å². The molecule has 24 heavy (non-hydrogen) atoms. The predicted molar refractivity (Wildman–Crippen MR) is 99.9 cm³/mol. The fourth-order valence-electron chi connectivity index (χ4n) is 3.49. The lowest BCUT2D eigenvalue weighted by molar-refractivity contribution is -0.121. The number of pyridine rings is 1. The Labute approximate surface area is 154 Å². The van der Waals surface area contributed by atoms with Crippen molar-refractivity contribution in [3.8, 4) is 0 Å². The minimum Gasteiger partial charge on any atom is -0.317 e. The van der Waals surface area contributed by atoms with Gasteiger partial charge >= 0.3 is 0 Å². The Morgan fingerprint density at radius 3 is 2.58 bits per heavy atom. The number of amides is 1. The number of likely N-dealkylation sites (tertiary alicyclic amines) is 1. The van der Waals surface area contributed by atoms with Crippen molar-refractivity contribution in [3.05, 3.63) is 23.4 Å². The fourth-order valence-corrected chi connectivity index (χ4v) is 3.60. The Bertz CT molecular complexity index is 512. The van der Waals surface area contributed by atoms with Gasteiger partial charge in [0, 0.05) is 18.7 Å². The fraction of sp³-hybridized carbons (Fsp3) is 0.647. The Morgan fingerprint density at radius 1 is 1.25 bits per heavy atom. The molecule has 0 aromatic carbocycles. The second-order valence-electron chi connectivity index (χ2n) is 6.62. The molecule has 1 amide bonds. The second-order valence-corrected chi connectivity index (χ2v) is 7.06. The average molecular weight is 373 g/mol. The van der Waals surface area contributed by atoms with Crippen molar-refractivity contribution in [2.24, 2.45) is 11.8 Å². The highest BCUT2D eigenvalue weighted by Gasteiger charge is 2.26. The van der Waals surface area contributed by atoms with E-state index in [2.05, 4.69) is 20.5 Å². The molecular weight excluding hydrogens is 347 g/mol. The monoisotopic (exact) mass is 372 g/mol. The zero-order valence-corrected chi connectivity index (χ0v) is 15.4. The minimum absolute atomic E-state index is 0. The van der Waals surface area contributed by atoms with Crippen molar-refractivity contribution >= 4 is 35.7 Å². The van der Waals surface area contributed by atoms with Gasteiger partial charge in [-0.05, 0) is 69.9 Å². The van der Waals surface area contributed by atoms with Crippen LogP contribution in [0.3, 0.4) is 0 Å². The maximum atomic E-state index is 12.3. The molecule has 0 unspecified atom stereocenters. The first kappa shape index (κ1) is 19.4. The zero-order valence-electron chi connectivity index (χ0n) is 13.8. The molecule has 0 bridgehead atoms. The maximum absolute atomic E-state index is 12.3. The molecule has 3 heterocycles. The summed E-state index contributed by atoms with van der Waals surface area (Å²) >= 11 is 5.81. The van der Waals surface area contributed by atoms with E-state index in [0.29, 0.717) is 10.8 Å². The number of anilines is 1. The summed E-state index contributed by atoms with van der Waals surface area (Å²) < 4.78 is 0. The Morgan fingerprint density at radius 2 is 1.96 bits per heavy atom. The molecule has 0 aliphatic carbocycles. The molecule has 0 saturated carbocycles. The Balaban J connectivity index is 0.00000208. The van der Waals surface area contributed by atoms with Crippen LogP contribution in [0.5, 0.6) is 0 Å². The second kappa shape index (κ2) is 9.56. The molecule has 2 aliphatic heterocycles. The smallest absolute Gasteiger partial charge is 0.228 e. The molecule has 2 N–H and O–H groups in total. The van der Waals surface area contributed by atoms with Crippen molar-refractivity contribution in [1.29, 1.82) is 0 Å². The van der Waals surface area contributed by atoms with Gasteiger partial charge in [-0.1, -0.05) is 11.6 Å². The minimum atomic E-state index is 0. The SMILES string of the molecule is Cl.O=C(Nc1ccc(Cl)cn1)C1CCN(CC2CCNCC2)CC1. The van der Waals surface area contributed by atoms with Crippen LogP contribution in [0.4, 0.5) is 5.82 Å². The summed E-state index contributed by atoms with van der Waals surface area (Å²) in [4.78, 5) is 19.0. The van der Waals surface area contributed by atoms with Gasteiger partial charge < -0.3 is 15.5 Å². The summed E-state index contributed by atoms with van der Waals surface area (Å²) in [6, 6.07) is 3.48.